The van der Waals surface area contributed by atoms with Crippen molar-refractivity contribution in [2.75, 3.05) is 0 Å². The first-order chi connectivity index (χ1) is 9.65. The van der Waals surface area contributed by atoms with E-state index in [4.69, 9.17) is 11.1 Å². The van der Waals surface area contributed by atoms with Crippen molar-refractivity contribution in [1.82, 2.24) is 19.7 Å². The number of nitrogen functional groups attached to an aromatic ring is 1. The molecule has 7 heteroatoms. The molecule has 0 atom stereocenters. The molecule has 0 aliphatic heterocycles. The molecule has 0 amide bonds. The first kappa shape index (κ1) is 12.6. The van der Waals surface area contributed by atoms with E-state index in [1.807, 2.05) is 37.4 Å². The summed E-state index contributed by atoms with van der Waals surface area (Å²) < 4.78 is 1.80. The van der Waals surface area contributed by atoms with Crippen LogP contribution in [0.5, 0.6) is 0 Å². The van der Waals surface area contributed by atoms with Gasteiger partial charge >= 0.3 is 0 Å². The number of pyridine rings is 1. The lowest BCUT2D eigenvalue weighted by molar-refractivity contribution is 0.787. The Labute approximate surface area is 119 Å². The molecule has 0 aliphatic carbocycles. The molecular formula is C13H12N6S. The molecule has 1 aromatic carbocycles. The molecule has 0 saturated heterocycles. The predicted molar refractivity (Wildman–Crippen MR) is 77.9 cm³/mol. The Morgan fingerprint density at radius 1 is 1.35 bits per heavy atom. The first-order valence-corrected chi connectivity index (χ1v) is 6.73. The molecule has 3 aromatic rings. The number of fused-ring (bicyclic) bond motifs is 1. The summed E-state index contributed by atoms with van der Waals surface area (Å²) in [7, 11) is 1.86. The second-order valence-corrected chi connectivity index (χ2v) is 5.23. The molecular weight excluding hydrogens is 272 g/mol. The zero-order chi connectivity index (χ0) is 14.1. The number of hydrogen-bond donors (Lipinski definition) is 2. The minimum Gasteiger partial charge on any atom is -0.384 e. The predicted octanol–water partition coefficient (Wildman–Crippen LogP) is 1.80. The highest BCUT2D eigenvalue weighted by Crippen LogP contribution is 2.29. The van der Waals surface area contributed by atoms with Crippen molar-refractivity contribution in [1.29, 1.82) is 5.41 Å². The molecule has 20 heavy (non-hydrogen) atoms. The number of hydrogen-bond acceptors (Lipinski definition) is 5. The molecule has 6 nitrogen and oxygen atoms in total. The summed E-state index contributed by atoms with van der Waals surface area (Å²) in [4.78, 5) is 4.57. The number of nitrogens with two attached hydrogens (primary N) is 1. The third kappa shape index (κ3) is 2.23. The summed E-state index contributed by atoms with van der Waals surface area (Å²) in [6, 6.07) is 9.62. The average molecular weight is 284 g/mol. The van der Waals surface area contributed by atoms with Crippen molar-refractivity contribution in [3.8, 4) is 0 Å². The molecule has 0 aliphatic rings. The van der Waals surface area contributed by atoms with Crippen molar-refractivity contribution in [2.45, 2.75) is 10.2 Å². The SMILES string of the molecule is Cn1cnnc1Sc1nc2ccccc2cc1C(=N)N. The maximum Gasteiger partial charge on any atom is 0.197 e. The molecule has 2 heterocycles. The van der Waals surface area contributed by atoms with Crippen LogP contribution in [-0.2, 0) is 7.05 Å². The second kappa shape index (κ2) is 4.93. The van der Waals surface area contributed by atoms with E-state index in [1.54, 1.807) is 10.9 Å². The topological polar surface area (TPSA) is 93.5 Å². The van der Waals surface area contributed by atoms with Gasteiger partial charge in [0.25, 0.3) is 0 Å². The van der Waals surface area contributed by atoms with Gasteiger partial charge in [-0.25, -0.2) is 4.98 Å². The molecule has 0 spiro atoms. The van der Waals surface area contributed by atoms with Crippen LogP contribution in [0.15, 0.2) is 46.8 Å². The quantitative estimate of drug-likeness (QED) is 0.565. The van der Waals surface area contributed by atoms with Gasteiger partial charge in [0, 0.05) is 18.0 Å². The van der Waals surface area contributed by atoms with Crippen LogP contribution in [0.4, 0.5) is 0 Å². The second-order valence-electron chi connectivity index (χ2n) is 4.27. The zero-order valence-corrected chi connectivity index (χ0v) is 11.6. The number of para-hydroxylation sites is 1. The third-order valence-electron chi connectivity index (χ3n) is 2.84. The molecule has 0 bridgehead atoms. The van der Waals surface area contributed by atoms with E-state index >= 15 is 0 Å². The van der Waals surface area contributed by atoms with E-state index in [2.05, 4.69) is 15.2 Å². The molecule has 0 saturated carbocycles. The Morgan fingerprint density at radius 2 is 2.15 bits per heavy atom. The van der Waals surface area contributed by atoms with Gasteiger partial charge in [-0.05, 0) is 23.9 Å². The van der Waals surface area contributed by atoms with Crippen LogP contribution in [0.3, 0.4) is 0 Å². The van der Waals surface area contributed by atoms with Crippen LogP contribution in [0, 0.1) is 5.41 Å². The lowest BCUT2D eigenvalue weighted by Crippen LogP contribution is -2.13. The third-order valence-corrected chi connectivity index (χ3v) is 3.89. The van der Waals surface area contributed by atoms with E-state index in [0.717, 1.165) is 10.9 Å². The van der Waals surface area contributed by atoms with Gasteiger partial charge < -0.3 is 10.3 Å². The zero-order valence-electron chi connectivity index (χ0n) is 10.7. The fourth-order valence-corrected chi connectivity index (χ4v) is 2.70. The minimum absolute atomic E-state index is 0.00655. The van der Waals surface area contributed by atoms with E-state index < -0.39 is 0 Å². The van der Waals surface area contributed by atoms with Crippen molar-refractivity contribution in [2.24, 2.45) is 12.8 Å². The highest BCUT2D eigenvalue weighted by molar-refractivity contribution is 7.99. The van der Waals surface area contributed by atoms with Crippen LogP contribution < -0.4 is 5.73 Å². The Balaban J connectivity index is 2.14. The normalized spacial score (nSPS) is 10.8. The highest BCUT2D eigenvalue weighted by atomic mass is 32.2. The van der Waals surface area contributed by atoms with Crippen LogP contribution >= 0.6 is 11.8 Å². The van der Waals surface area contributed by atoms with Gasteiger partial charge in [-0.3, -0.25) is 5.41 Å². The lowest BCUT2D eigenvalue weighted by Gasteiger charge is -2.08. The first-order valence-electron chi connectivity index (χ1n) is 5.91. The molecule has 3 N–H and O–H groups in total. The van der Waals surface area contributed by atoms with Gasteiger partial charge in [0.15, 0.2) is 5.16 Å². The van der Waals surface area contributed by atoms with Crippen LogP contribution in [0.2, 0.25) is 0 Å². The summed E-state index contributed by atoms with van der Waals surface area (Å²) in [6.07, 6.45) is 1.62. The standard InChI is InChI=1S/C13H12N6S/c1-19-7-16-18-13(19)20-12-9(11(14)15)6-8-4-2-3-5-10(8)17-12/h2-7H,1H3,(H3,14,15). The molecule has 0 fully saturated rings. The van der Waals surface area contributed by atoms with E-state index in [1.165, 1.54) is 11.8 Å². The number of nitrogens with zero attached hydrogens (tertiary/aromatic N) is 4. The molecule has 0 radical (unpaired) electrons. The number of rotatable bonds is 3. The summed E-state index contributed by atoms with van der Waals surface area (Å²) >= 11 is 1.35. The summed E-state index contributed by atoms with van der Waals surface area (Å²) in [5.41, 5.74) is 7.13. The van der Waals surface area contributed by atoms with E-state index in [-0.39, 0.29) is 5.84 Å². The van der Waals surface area contributed by atoms with E-state index in [0.29, 0.717) is 15.7 Å². The van der Waals surface area contributed by atoms with Crippen LogP contribution in [-0.4, -0.2) is 25.6 Å². The fraction of sp³-hybridized carbons (Fsp3) is 0.0769. The number of aromatic nitrogens is 4. The van der Waals surface area contributed by atoms with Crippen molar-refractivity contribution in [3.05, 3.63) is 42.2 Å². The maximum atomic E-state index is 7.72. The number of aryl methyl sites for hydroxylation is 1. The minimum atomic E-state index is -0.00655. The molecule has 3 rings (SSSR count). The fourth-order valence-electron chi connectivity index (χ4n) is 1.82. The number of nitrogens with one attached hydrogen (secondary N) is 1. The Hall–Kier alpha value is -2.41. The summed E-state index contributed by atoms with van der Waals surface area (Å²) in [5, 5.41) is 17.9. The van der Waals surface area contributed by atoms with Gasteiger partial charge in [-0.1, -0.05) is 18.2 Å². The van der Waals surface area contributed by atoms with Crippen molar-refractivity contribution >= 4 is 28.5 Å². The maximum absolute atomic E-state index is 7.72. The molecule has 0 unspecified atom stereocenters. The van der Waals surface area contributed by atoms with Crippen LogP contribution in [0.1, 0.15) is 5.56 Å². The van der Waals surface area contributed by atoms with E-state index in [9.17, 15) is 0 Å². The summed E-state index contributed by atoms with van der Waals surface area (Å²) in [6.45, 7) is 0. The van der Waals surface area contributed by atoms with Crippen molar-refractivity contribution < 1.29 is 0 Å². The van der Waals surface area contributed by atoms with Crippen LogP contribution in [0.25, 0.3) is 10.9 Å². The monoisotopic (exact) mass is 284 g/mol. The van der Waals surface area contributed by atoms with Crippen molar-refractivity contribution in [3.63, 3.8) is 0 Å². The average Bonchev–Trinajstić information content (AvgIpc) is 2.83. The Morgan fingerprint density at radius 3 is 2.85 bits per heavy atom. The van der Waals surface area contributed by atoms with Gasteiger partial charge in [-0.15, -0.1) is 10.2 Å². The summed E-state index contributed by atoms with van der Waals surface area (Å²) in [5.74, 6) is -0.00655. The van der Waals surface area contributed by atoms with Gasteiger partial charge in [0.05, 0.1) is 5.52 Å². The number of amidine groups is 1. The van der Waals surface area contributed by atoms with Gasteiger partial charge in [0.2, 0.25) is 0 Å². The van der Waals surface area contributed by atoms with Gasteiger partial charge in [-0.2, -0.15) is 0 Å². The number of benzene rings is 1. The Kier molecular flexibility index (Phi) is 3.11. The molecule has 2 aromatic heterocycles. The van der Waals surface area contributed by atoms with Gasteiger partial charge in [0.1, 0.15) is 17.2 Å². The largest absolute Gasteiger partial charge is 0.384 e. The smallest absolute Gasteiger partial charge is 0.197 e. The molecule has 100 valence electrons. The lowest BCUT2D eigenvalue weighted by atomic mass is 10.1. The Bertz CT molecular complexity index is 794. The highest BCUT2D eigenvalue weighted by Gasteiger charge is 2.13.